The molecule has 0 radical (unpaired) electrons. The van der Waals surface area contributed by atoms with Gasteiger partial charge in [0.05, 0.1) is 5.70 Å². The van der Waals surface area contributed by atoms with Crippen molar-refractivity contribution in [3.63, 3.8) is 0 Å². The third kappa shape index (κ3) is 2.13. The molecule has 0 saturated heterocycles. The number of allylic oxidation sites excluding steroid dienone is 1. The van der Waals surface area contributed by atoms with Gasteiger partial charge >= 0.3 is 0 Å². The van der Waals surface area contributed by atoms with E-state index in [0.29, 0.717) is 12.4 Å². The highest BCUT2D eigenvalue weighted by Crippen LogP contribution is 2.07. The number of benzene rings is 1. The van der Waals surface area contributed by atoms with E-state index in [2.05, 4.69) is 22.0 Å². The molecule has 14 heavy (non-hydrogen) atoms. The van der Waals surface area contributed by atoms with Crippen LogP contribution in [0.25, 0.3) is 0 Å². The van der Waals surface area contributed by atoms with E-state index in [0.717, 1.165) is 6.54 Å². The zero-order valence-corrected chi connectivity index (χ0v) is 7.93. The van der Waals surface area contributed by atoms with Crippen LogP contribution in [0.15, 0.2) is 47.2 Å². The van der Waals surface area contributed by atoms with Gasteiger partial charge in [-0.15, -0.1) is 0 Å². The van der Waals surface area contributed by atoms with E-state index in [4.69, 9.17) is 5.73 Å². The van der Waals surface area contributed by atoms with Gasteiger partial charge in [0.25, 0.3) is 0 Å². The lowest BCUT2D eigenvalue weighted by Crippen LogP contribution is -2.23. The van der Waals surface area contributed by atoms with Crippen LogP contribution in [0.4, 0.5) is 0 Å². The zero-order valence-electron chi connectivity index (χ0n) is 7.93. The molecule has 0 spiro atoms. The number of hydrogen-bond donors (Lipinski definition) is 1. The molecular formula is C11H13N3. The maximum absolute atomic E-state index is 5.65. The predicted octanol–water partition coefficient (Wildman–Crippen LogP) is 1.33. The summed E-state index contributed by atoms with van der Waals surface area (Å²) in [6, 6.07) is 10.3. The molecule has 1 aliphatic rings. The van der Waals surface area contributed by atoms with Crippen LogP contribution < -0.4 is 5.73 Å². The summed E-state index contributed by atoms with van der Waals surface area (Å²) in [7, 11) is 0. The molecule has 2 N–H and O–H groups in total. The van der Waals surface area contributed by atoms with Crippen molar-refractivity contribution in [1.29, 1.82) is 0 Å². The van der Waals surface area contributed by atoms with E-state index >= 15 is 0 Å². The second kappa shape index (κ2) is 3.96. The van der Waals surface area contributed by atoms with Gasteiger partial charge in [0, 0.05) is 19.0 Å². The Kier molecular flexibility index (Phi) is 2.49. The lowest BCUT2D eigenvalue weighted by Gasteiger charge is -2.21. The molecule has 0 saturated carbocycles. The fourth-order valence-corrected chi connectivity index (χ4v) is 1.45. The summed E-state index contributed by atoms with van der Waals surface area (Å²) in [6.45, 7) is 1.55. The number of rotatable bonds is 2. The molecule has 0 bridgehead atoms. The average Bonchev–Trinajstić information content (AvgIpc) is 2.19. The first kappa shape index (κ1) is 8.81. The van der Waals surface area contributed by atoms with Gasteiger partial charge in [0.15, 0.2) is 0 Å². The van der Waals surface area contributed by atoms with E-state index in [1.54, 1.807) is 6.21 Å². The molecule has 1 heterocycles. The molecule has 0 aliphatic carbocycles. The second-order valence-corrected chi connectivity index (χ2v) is 3.31. The minimum Gasteiger partial charge on any atom is -0.396 e. The van der Waals surface area contributed by atoms with Crippen molar-refractivity contribution < 1.29 is 0 Å². The first-order valence-corrected chi connectivity index (χ1v) is 4.60. The number of hydrogen-bond acceptors (Lipinski definition) is 3. The standard InChI is InChI=1S/C11H13N3/c12-11-6-13-9-14(8-11)7-10-4-2-1-3-5-10/h1-6,8H,7,9,12H2. The molecule has 0 unspecified atom stereocenters. The van der Waals surface area contributed by atoms with Gasteiger partial charge in [0.1, 0.15) is 6.67 Å². The molecule has 0 atom stereocenters. The monoisotopic (exact) mass is 187 g/mol. The summed E-state index contributed by atoms with van der Waals surface area (Å²) in [5.41, 5.74) is 7.64. The number of nitrogens with zero attached hydrogens (tertiary/aromatic N) is 2. The van der Waals surface area contributed by atoms with Crippen LogP contribution in [0.2, 0.25) is 0 Å². The smallest absolute Gasteiger partial charge is 0.110 e. The van der Waals surface area contributed by atoms with Crippen molar-refractivity contribution >= 4 is 6.21 Å². The minimum absolute atomic E-state index is 0.690. The number of nitrogens with two attached hydrogens (primary N) is 1. The van der Waals surface area contributed by atoms with E-state index in [9.17, 15) is 0 Å². The van der Waals surface area contributed by atoms with Crippen LogP contribution in [-0.4, -0.2) is 17.8 Å². The molecule has 1 aromatic rings. The van der Waals surface area contributed by atoms with Crippen LogP contribution in [-0.2, 0) is 6.54 Å². The SMILES string of the molecule is NC1=CN(Cc2ccccc2)CN=C1. The van der Waals surface area contributed by atoms with Crippen LogP contribution in [0, 0.1) is 0 Å². The summed E-state index contributed by atoms with van der Waals surface area (Å²) in [5.74, 6) is 0. The minimum atomic E-state index is 0.690. The number of aliphatic imine (C=N–C) groups is 1. The molecule has 72 valence electrons. The fraction of sp³-hybridized carbons (Fsp3) is 0.182. The van der Waals surface area contributed by atoms with Gasteiger partial charge in [-0.3, -0.25) is 4.99 Å². The van der Waals surface area contributed by atoms with E-state index < -0.39 is 0 Å². The fourth-order valence-electron chi connectivity index (χ4n) is 1.45. The van der Waals surface area contributed by atoms with Gasteiger partial charge in [0.2, 0.25) is 0 Å². The van der Waals surface area contributed by atoms with Gasteiger partial charge in [-0.25, -0.2) is 0 Å². The van der Waals surface area contributed by atoms with Gasteiger partial charge in [-0.2, -0.15) is 0 Å². The second-order valence-electron chi connectivity index (χ2n) is 3.31. The summed E-state index contributed by atoms with van der Waals surface area (Å²) in [6.07, 6.45) is 3.63. The lowest BCUT2D eigenvalue weighted by molar-refractivity contribution is 0.376. The Morgan fingerprint density at radius 3 is 2.79 bits per heavy atom. The molecule has 0 amide bonds. The van der Waals surface area contributed by atoms with Crippen molar-refractivity contribution in [2.24, 2.45) is 10.7 Å². The molecule has 0 aromatic heterocycles. The Balaban J connectivity index is 2.03. The van der Waals surface area contributed by atoms with Crippen molar-refractivity contribution in [3.8, 4) is 0 Å². The maximum Gasteiger partial charge on any atom is 0.110 e. The largest absolute Gasteiger partial charge is 0.396 e. The summed E-state index contributed by atoms with van der Waals surface area (Å²) in [4.78, 5) is 6.23. The Morgan fingerprint density at radius 1 is 1.29 bits per heavy atom. The molecule has 1 aromatic carbocycles. The highest BCUT2D eigenvalue weighted by molar-refractivity contribution is 5.77. The maximum atomic E-state index is 5.65. The Bertz CT molecular complexity index is 354. The van der Waals surface area contributed by atoms with Crippen LogP contribution in [0.3, 0.4) is 0 Å². The Labute approximate surface area is 83.6 Å². The summed E-state index contributed by atoms with van der Waals surface area (Å²) < 4.78 is 0. The van der Waals surface area contributed by atoms with Crippen LogP contribution >= 0.6 is 0 Å². The quantitative estimate of drug-likeness (QED) is 0.759. The Hall–Kier alpha value is -1.77. The summed E-state index contributed by atoms with van der Waals surface area (Å²) >= 11 is 0. The third-order valence-corrected chi connectivity index (χ3v) is 2.06. The molecule has 3 nitrogen and oxygen atoms in total. The third-order valence-electron chi connectivity index (χ3n) is 2.06. The molecule has 2 rings (SSSR count). The summed E-state index contributed by atoms with van der Waals surface area (Å²) in [5, 5.41) is 0. The van der Waals surface area contributed by atoms with Crippen molar-refractivity contribution in [1.82, 2.24) is 4.90 Å². The van der Waals surface area contributed by atoms with Crippen molar-refractivity contribution in [2.45, 2.75) is 6.54 Å². The predicted molar refractivity (Wildman–Crippen MR) is 57.6 cm³/mol. The van der Waals surface area contributed by atoms with Crippen molar-refractivity contribution in [2.75, 3.05) is 6.67 Å². The zero-order chi connectivity index (χ0) is 9.80. The normalized spacial score (nSPS) is 15.4. The van der Waals surface area contributed by atoms with Gasteiger partial charge in [-0.05, 0) is 5.56 Å². The molecule has 1 aliphatic heterocycles. The topological polar surface area (TPSA) is 41.6 Å². The molecule has 3 heteroatoms. The van der Waals surface area contributed by atoms with E-state index in [-0.39, 0.29) is 0 Å². The van der Waals surface area contributed by atoms with E-state index in [1.165, 1.54) is 5.56 Å². The molecular weight excluding hydrogens is 174 g/mol. The van der Waals surface area contributed by atoms with Gasteiger partial charge in [-0.1, -0.05) is 30.3 Å². The van der Waals surface area contributed by atoms with Gasteiger partial charge < -0.3 is 10.6 Å². The Morgan fingerprint density at radius 2 is 2.07 bits per heavy atom. The van der Waals surface area contributed by atoms with Crippen LogP contribution in [0.5, 0.6) is 0 Å². The average molecular weight is 187 g/mol. The highest BCUT2D eigenvalue weighted by atomic mass is 15.2. The molecule has 0 fully saturated rings. The first-order valence-electron chi connectivity index (χ1n) is 4.60. The van der Waals surface area contributed by atoms with Crippen LogP contribution in [0.1, 0.15) is 5.56 Å². The highest BCUT2D eigenvalue weighted by Gasteiger charge is 2.03. The van der Waals surface area contributed by atoms with Crippen molar-refractivity contribution in [3.05, 3.63) is 47.8 Å². The first-order chi connectivity index (χ1) is 6.84. The lowest BCUT2D eigenvalue weighted by atomic mass is 10.2. The van der Waals surface area contributed by atoms with E-state index in [1.807, 2.05) is 24.4 Å².